The van der Waals surface area contributed by atoms with E-state index in [1.807, 2.05) is 0 Å². The van der Waals surface area contributed by atoms with Gasteiger partial charge in [-0.1, -0.05) is 26.0 Å². The van der Waals surface area contributed by atoms with Crippen molar-refractivity contribution in [1.82, 2.24) is 5.32 Å². The maximum atomic E-state index is 5.82. The molecule has 0 amide bonds. The lowest BCUT2D eigenvalue weighted by molar-refractivity contribution is 0.0981. The molecule has 1 N–H and O–H groups in total. The van der Waals surface area contributed by atoms with Crippen LogP contribution in [0.2, 0.25) is 0 Å². The van der Waals surface area contributed by atoms with Gasteiger partial charge in [0.15, 0.2) is 0 Å². The first-order valence-electron chi connectivity index (χ1n) is 8.41. The van der Waals surface area contributed by atoms with Gasteiger partial charge in [-0.05, 0) is 56.3 Å². The van der Waals surface area contributed by atoms with Gasteiger partial charge in [0, 0.05) is 12.6 Å². The van der Waals surface area contributed by atoms with E-state index >= 15 is 0 Å². The van der Waals surface area contributed by atoms with Crippen LogP contribution in [-0.4, -0.2) is 25.9 Å². The van der Waals surface area contributed by atoms with Crippen LogP contribution in [-0.2, 0) is 4.74 Å². The molecule has 0 spiro atoms. The second kappa shape index (κ2) is 9.06. The second-order valence-corrected chi connectivity index (χ2v) is 5.71. The molecule has 0 bridgehead atoms. The molecule has 3 heteroatoms. The minimum absolute atomic E-state index is 0.448. The van der Waals surface area contributed by atoms with Crippen LogP contribution in [0.15, 0.2) is 24.3 Å². The zero-order valence-corrected chi connectivity index (χ0v) is 13.4. The molecule has 21 heavy (non-hydrogen) atoms. The standard InChI is InChI=1S/C18H29NO2/c1-3-18(19-4-2)15-9-11-17(12-10-15)21-14-6-8-16-7-5-13-20-16/h9-12,16,18-19H,3-8,13-14H2,1-2H3. The van der Waals surface area contributed by atoms with Gasteiger partial charge in [0.2, 0.25) is 0 Å². The van der Waals surface area contributed by atoms with Crippen molar-refractivity contribution in [2.24, 2.45) is 0 Å². The summed E-state index contributed by atoms with van der Waals surface area (Å²) in [5.41, 5.74) is 1.34. The van der Waals surface area contributed by atoms with Crippen molar-refractivity contribution in [2.45, 2.75) is 58.1 Å². The van der Waals surface area contributed by atoms with Gasteiger partial charge in [0.05, 0.1) is 12.7 Å². The number of hydrogen-bond acceptors (Lipinski definition) is 3. The molecule has 2 rings (SSSR count). The molecule has 1 heterocycles. The van der Waals surface area contributed by atoms with Crippen molar-refractivity contribution < 1.29 is 9.47 Å². The third kappa shape index (κ3) is 5.33. The predicted octanol–water partition coefficient (Wildman–Crippen LogP) is 4.09. The number of ether oxygens (including phenoxy) is 2. The predicted molar refractivity (Wildman–Crippen MR) is 86.9 cm³/mol. The zero-order chi connectivity index (χ0) is 14.9. The van der Waals surface area contributed by atoms with E-state index in [9.17, 15) is 0 Å². The Kier molecular flexibility index (Phi) is 7.04. The van der Waals surface area contributed by atoms with Crippen molar-refractivity contribution in [1.29, 1.82) is 0 Å². The molecule has 1 aromatic carbocycles. The second-order valence-electron chi connectivity index (χ2n) is 5.71. The van der Waals surface area contributed by atoms with Crippen LogP contribution in [0.25, 0.3) is 0 Å². The topological polar surface area (TPSA) is 30.5 Å². The summed E-state index contributed by atoms with van der Waals surface area (Å²) in [5, 5.41) is 3.50. The Bertz CT molecular complexity index is 385. The molecule has 2 atom stereocenters. The molecule has 2 unspecified atom stereocenters. The van der Waals surface area contributed by atoms with Crippen LogP contribution >= 0.6 is 0 Å². The smallest absolute Gasteiger partial charge is 0.119 e. The Hall–Kier alpha value is -1.06. The summed E-state index contributed by atoms with van der Waals surface area (Å²) in [5.74, 6) is 0.970. The van der Waals surface area contributed by atoms with Gasteiger partial charge in [-0.2, -0.15) is 0 Å². The summed E-state index contributed by atoms with van der Waals surface area (Å²) < 4.78 is 11.4. The molecule has 1 aromatic rings. The van der Waals surface area contributed by atoms with Gasteiger partial charge in [-0.25, -0.2) is 0 Å². The monoisotopic (exact) mass is 291 g/mol. The average molecular weight is 291 g/mol. The first kappa shape index (κ1) is 16.3. The fourth-order valence-corrected chi connectivity index (χ4v) is 2.91. The lowest BCUT2D eigenvalue weighted by Crippen LogP contribution is -2.19. The SMILES string of the molecule is CCNC(CC)c1ccc(OCCCC2CCCO2)cc1. The maximum absolute atomic E-state index is 5.82. The molecule has 0 aliphatic carbocycles. The van der Waals surface area contributed by atoms with Gasteiger partial charge in [0.1, 0.15) is 5.75 Å². The maximum Gasteiger partial charge on any atom is 0.119 e. The van der Waals surface area contributed by atoms with Crippen LogP contribution in [0.4, 0.5) is 0 Å². The van der Waals surface area contributed by atoms with Crippen LogP contribution in [0.3, 0.4) is 0 Å². The van der Waals surface area contributed by atoms with Crippen molar-refractivity contribution in [3.05, 3.63) is 29.8 Å². The van der Waals surface area contributed by atoms with E-state index in [1.165, 1.54) is 18.4 Å². The molecule has 118 valence electrons. The summed E-state index contributed by atoms with van der Waals surface area (Å²) in [4.78, 5) is 0. The van der Waals surface area contributed by atoms with Crippen molar-refractivity contribution in [2.75, 3.05) is 19.8 Å². The van der Waals surface area contributed by atoms with Gasteiger partial charge in [-0.15, -0.1) is 0 Å². The summed E-state index contributed by atoms with van der Waals surface area (Å²) in [6.07, 6.45) is 6.21. The van der Waals surface area contributed by atoms with E-state index in [-0.39, 0.29) is 0 Å². The first-order chi connectivity index (χ1) is 10.3. The fraction of sp³-hybridized carbons (Fsp3) is 0.667. The molecule has 1 saturated heterocycles. The molecule has 0 aromatic heterocycles. The molecular formula is C18H29NO2. The van der Waals surface area contributed by atoms with E-state index in [0.717, 1.165) is 44.8 Å². The third-order valence-electron chi connectivity index (χ3n) is 4.10. The quantitative estimate of drug-likeness (QED) is 0.695. The Labute approximate surface area is 129 Å². The number of hydrogen-bond donors (Lipinski definition) is 1. The lowest BCUT2D eigenvalue weighted by Gasteiger charge is -2.16. The van der Waals surface area contributed by atoms with Crippen LogP contribution < -0.4 is 10.1 Å². The molecule has 0 saturated carbocycles. The zero-order valence-electron chi connectivity index (χ0n) is 13.4. The first-order valence-corrected chi connectivity index (χ1v) is 8.41. The largest absolute Gasteiger partial charge is 0.494 e. The summed E-state index contributed by atoms with van der Waals surface area (Å²) in [7, 11) is 0. The fourth-order valence-electron chi connectivity index (χ4n) is 2.91. The Morgan fingerprint density at radius 1 is 1.29 bits per heavy atom. The Balaban J connectivity index is 1.71. The number of rotatable bonds is 9. The van der Waals surface area contributed by atoms with Crippen molar-refractivity contribution in [3.8, 4) is 5.75 Å². The van der Waals surface area contributed by atoms with E-state index < -0.39 is 0 Å². The minimum Gasteiger partial charge on any atom is -0.494 e. The van der Waals surface area contributed by atoms with Gasteiger partial charge < -0.3 is 14.8 Å². The summed E-state index contributed by atoms with van der Waals surface area (Å²) in [6, 6.07) is 8.96. The van der Waals surface area contributed by atoms with Crippen molar-refractivity contribution >= 4 is 0 Å². The van der Waals surface area contributed by atoms with E-state index in [2.05, 4.69) is 43.4 Å². The van der Waals surface area contributed by atoms with Crippen LogP contribution in [0.5, 0.6) is 5.75 Å². The van der Waals surface area contributed by atoms with Crippen LogP contribution in [0.1, 0.15) is 57.6 Å². The highest BCUT2D eigenvalue weighted by atomic mass is 16.5. The molecule has 1 aliphatic heterocycles. The van der Waals surface area contributed by atoms with E-state index in [1.54, 1.807) is 0 Å². The third-order valence-corrected chi connectivity index (χ3v) is 4.10. The van der Waals surface area contributed by atoms with E-state index in [0.29, 0.717) is 12.1 Å². The lowest BCUT2D eigenvalue weighted by atomic mass is 10.0. The number of nitrogens with one attached hydrogen (secondary N) is 1. The highest BCUT2D eigenvalue weighted by Crippen LogP contribution is 2.21. The normalized spacial score (nSPS) is 19.6. The highest BCUT2D eigenvalue weighted by molar-refractivity contribution is 5.29. The highest BCUT2D eigenvalue weighted by Gasteiger charge is 2.14. The molecule has 0 radical (unpaired) electrons. The Morgan fingerprint density at radius 2 is 2.10 bits per heavy atom. The summed E-state index contributed by atoms with van der Waals surface area (Å²) in [6.45, 7) is 7.08. The summed E-state index contributed by atoms with van der Waals surface area (Å²) >= 11 is 0. The number of benzene rings is 1. The van der Waals surface area contributed by atoms with Gasteiger partial charge in [0.25, 0.3) is 0 Å². The van der Waals surface area contributed by atoms with Crippen LogP contribution in [0, 0.1) is 0 Å². The average Bonchev–Trinajstić information content (AvgIpc) is 3.03. The van der Waals surface area contributed by atoms with Gasteiger partial charge in [-0.3, -0.25) is 0 Å². The molecular weight excluding hydrogens is 262 g/mol. The Morgan fingerprint density at radius 3 is 2.71 bits per heavy atom. The molecule has 1 aliphatic rings. The molecule has 3 nitrogen and oxygen atoms in total. The van der Waals surface area contributed by atoms with E-state index in [4.69, 9.17) is 9.47 Å². The minimum atomic E-state index is 0.448. The molecule has 1 fully saturated rings. The van der Waals surface area contributed by atoms with Gasteiger partial charge >= 0.3 is 0 Å². The van der Waals surface area contributed by atoms with Crippen molar-refractivity contribution in [3.63, 3.8) is 0 Å².